The Morgan fingerprint density at radius 2 is 1.67 bits per heavy atom. The second-order valence-corrected chi connectivity index (χ2v) is 15.7. The number of allylic oxidation sites excluding steroid dienone is 2. The molecule has 0 radical (unpaired) electrons. The smallest absolute Gasteiger partial charge is 0.335 e. The van der Waals surface area contributed by atoms with Crippen molar-refractivity contribution in [1.82, 2.24) is 5.32 Å². The lowest BCUT2D eigenvalue weighted by Crippen LogP contribution is -2.67. The number of fused-ring (bicyclic) bond motifs is 7. The fraction of sp³-hybridized carbons (Fsp3) is 0.750. The highest BCUT2D eigenvalue weighted by Crippen LogP contribution is 2.75. The maximum Gasteiger partial charge on any atom is 0.335 e. The molecule has 1 aromatic rings. The van der Waals surface area contributed by atoms with Crippen LogP contribution in [0.25, 0.3) is 5.57 Å². The summed E-state index contributed by atoms with van der Waals surface area (Å²) >= 11 is 0. The van der Waals surface area contributed by atoms with Gasteiger partial charge in [0.1, 0.15) is 0 Å². The van der Waals surface area contributed by atoms with E-state index in [0.717, 1.165) is 23.7 Å². The molecule has 5 aliphatic carbocycles. The molecule has 0 spiro atoms. The van der Waals surface area contributed by atoms with Crippen molar-refractivity contribution < 1.29 is 9.90 Å². The van der Waals surface area contributed by atoms with Crippen molar-refractivity contribution in [3.8, 4) is 0 Å². The molecule has 1 aromatic carbocycles. The zero-order chi connectivity index (χ0) is 27.8. The van der Waals surface area contributed by atoms with Crippen LogP contribution in [0.15, 0.2) is 30.3 Å². The van der Waals surface area contributed by atoms with E-state index in [1.165, 1.54) is 81.9 Å². The Morgan fingerprint density at radius 3 is 2.36 bits per heavy atom. The van der Waals surface area contributed by atoms with Crippen LogP contribution >= 0.6 is 0 Å². The number of nitrogens with one attached hydrogen (secondary N) is 1. The van der Waals surface area contributed by atoms with Crippen LogP contribution in [0.3, 0.4) is 0 Å². The maximum absolute atomic E-state index is 11.4. The van der Waals surface area contributed by atoms with Crippen LogP contribution in [-0.4, -0.2) is 23.2 Å². The number of carboxylic acid groups (broad SMARTS) is 1. The van der Waals surface area contributed by atoms with Crippen molar-refractivity contribution in [3.05, 3.63) is 41.5 Å². The lowest BCUT2D eigenvalue weighted by atomic mass is 9.34. The Bertz CT molecular complexity index is 1140. The minimum absolute atomic E-state index is 0.352. The second-order valence-electron chi connectivity index (χ2n) is 15.7. The highest BCUT2D eigenvalue weighted by Gasteiger charge is 2.68. The Labute approximate surface area is 237 Å². The van der Waals surface area contributed by atoms with E-state index < -0.39 is 5.97 Å². The van der Waals surface area contributed by atoms with Crippen molar-refractivity contribution in [2.24, 2.45) is 51.8 Å². The van der Waals surface area contributed by atoms with Gasteiger partial charge in [0.2, 0.25) is 0 Å². The van der Waals surface area contributed by atoms with Crippen LogP contribution < -0.4 is 5.32 Å². The molecule has 8 unspecified atom stereocenters. The SMILES string of the molecule is CC(C)CNC12CCCC1C1CCC3C4(C)CC=C(c5ccc(C(=O)O)cc5)C(C)C4CCC3(C)[C@]1(C)CC2. The third-order valence-corrected chi connectivity index (χ3v) is 13.9. The molecule has 5 aliphatic rings. The summed E-state index contributed by atoms with van der Waals surface area (Å²) in [6.45, 7) is 16.5. The first-order chi connectivity index (χ1) is 18.5. The third kappa shape index (κ3) is 3.95. The molecule has 39 heavy (non-hydrogen) atoms. The van der Waals surface area contributed by atoms with E-state index in [2.05, 4.69) is 52.9 Å². The number of carbonyl (C=O) groups is 1. The zero-order valence-corrected chi connectivity index (χ0v) is 25.5. The minimum atomic E-state index is -0.844. The molecule has 0 aromatic heterocycles. The van der Waals surface area contributed by atoms with Crippen LogP contribution in [0.4, 0.5) is 0 Å². The number of benzene rings is 1. The fourth-order valence-electron chi connectivity index (χ4n) is 11.7. The topological polar surface area (TPSA) is 49.3 Å². The van der Waals surface area contributed by atoms with E-state index in [9.17, 15) is 9.90 Å². The first kappa shape index (κ1) is 27.6. The molecule has 0 amide bonds. The summed E-state index contributed by atoms with van der Waals surface area (Å²) in [6.07, 6.45) is 16.3. The van der Waals surface area contributed by atoms with Gasteiger partial charge in [-0.25, -0.2) is 4.79 Å². The Kier molecular flexibility index (Phi) is 6.69. The quantitative estimate of drug-likeness (QED) is 0.399. The molecule has 0 aliphatic heterocycles. The summed E-state index contributed by atoms with van der Waals surface area (Å²) in [5, 5.41) is 13.5. The minimum Gasteiger partial charge on any atom is -0.478 e. The lowest BCUT2D eigenvalue weighted by Gasteiger charge is -2.71. The normalized spacial score (nSPS) is 45.1. The number of aromatic carboxylic acids is 1. The van der Waals surface area contributed by atoms with Gasteiger partial charge in [0.05, 0.1) is 5.56 Å². The first-order valence-electron chi connectivity index (χ1n) is 16.2. The van der Waals surface area contributed by atoms with Gasteiger partial charge in [-0.1, -0.05) is 66.2 Å². The third-order valence-electron chi connectivity index (χ3n) is 13.9. The predicted molar refractivity (Wildman–Crippen MR) is 161 cm³/mol. The monoisotopic (exact) mass is 531 g/mol. The molecule has 2 N–H and O–H groups in total. The van der Waals surface area contributed by atoms with Crippen molar-refractivity contribution in [3.63, 3.8) is 0 Å². The number of hydrogen-bond acceptors (Lipinski definition) is 2. The predicted octanol–water partition coefficient (Wildman–Crippen LogP) is 8.84. The molecule has 214 valence electrons. The van der Waals surface area contributed by atoms with Gasteiger partial charge in [-0.05, 0) is 139 Å². The largest absolute Gasteiger partial charge is 0.478 e. The molecule has 0 heterocycles. The molecule has 6 rings (SSSR count). The number of carboxylic acids is 1. The van der Waals surface area contributed by atoms with E-state index in [1.54, 1.807) is 12.1 Å². The van der Waals surface area contributed by atoms with Crippen LogP contribution in [0, 0.1) is 51.8 Å². The van der Waals surface area contributed by atoms with E-state index in [0.29, 0.717) is 39.2 Å². The Balaban J connectivity index is 1.29. The van der Waals surface area contributed by atoms with E-state index in [1.807, 2.05) is 12.1 Å². The van der Waals surface area contributed by atoms with E-state index in [-0.39, 0.29) is 0 Å². The molecular formula is C36H53NO2. The van der Waals surface area contributed by atoms with Crippen molar-refractivity contribution in [1.29, 1.82) is 0 Å². The van der Waals surface area contributed by atoms with Crippen LogP contribution in [0.1, 0.15) is 122 Å². The Hall–Kier alpha value is -1.61. The summed E-state index contributed by atoms with van der Waals surface area (Å²) in [6, 6.07) is 7.64. The van der Waals surface area contributed by atoms with Crippen molar-refractivity contribution in [2.75, 3.05) is 6.54 Å². The summed E-state index contributed by atoms with van der Waals surface area (Å²) < 4.78 is 0. The molecule has 3 heteroatoms. The van der Waals surface area contributed by atoms with Crippen molar-refractivity contribution in [2.45, 2.75) is 111 Å². The average Bonchev–Trinajstić information content (AvgIpc) is 3.32. The molecule has 3 nitrogen and oxygen atoms in total. The fourth-order valence-corrected chi connectivity index (χ4v) is 11.7. The number of hydrogen-bond donors (Lipinski definition) is 2. The number of rotatable bonds is 5. The van der Waals surface area contributed by atoms with Crippen LogP contribution in [0.5, 0.6) is 0 Å². The maximum atomic E-state index is 11.4. The molecule has 0 saturated heterocycles. The molecule has 4 saturated carbocycles. The van der Waals surface area contributed by atoms with Gasteiger partial charge < -0.3 is 10.4 Å². The van der Waals surface area contributed by atoms with Gasteiger partial charge in [0, 0.05) is 5.54 Å². The van der Waals surface area contributed by atoms with E-state index >= 15 is 0 Å². The standard InChI is InChI=1S/C36H53NO2/c1-23(2)22-37-36-17-7-8-30(36)29-13-14-31-33(4)18-15-27(25-9-11-26(12-10-25)32(38)39)24(3)28(33)16-19-35(31,6)34(29,5)20-21-36/h9-12,15,23-24,28-31,37H,7-8,13-14,16-22H2,1-6H3,(H,38,39)/t24?,28?,29?,30?,31?,33?,34-,35?,36?/m1/s1. The van der Waals surface area contributed by atoms with Gasteiger partial charge >= 0.3 is 5.97 Å². The molecule has 9 atom stereocenters. The van der Waals surface area contributed by atoms with Crippen molar-refractivity contribution >= 4 is 11.5 Å². The molecule has 4 fully saturated rings. The van der Waals surface area contributed by atoms with Crippen LogP contribution in [-0.2, 0) is 0 Å². The van der Waals surface area contributed by atoms with Crippen LogP contribution in [0.2, 0.25) is 0 Å². The summed E-state index contributed by atoms with van der Waals surface area (Å²) in [5.41, 5.74) is 4.67. The second kappa shape index (κ2) is 9.47. The molecule has 0 bridgehead atoms. The zero-order valence-electron chi connectivity index (χ0n) is 25.5. The summed E-state index contributed by atoms with van der Waals surface area (Å²) in [5.74, 6) is 3.62. The molecular weight excluding hydrogens is 478 g/mol. The van der Waals surface area contributed by atoms with Gasteiger partial charge in [-0.15, -0.1) is 0 Å². The summed E-state index contributed by atoms with van der Waals surface area (Å²) in [4.78, 5) is 11.4. The van der Waals surface area contributed by atoms with Gasteiger partial charge in [-0.2, -0.15) is 0 Å². The van der Waals surface area contributed by atoms with E-state index in [4.69, 9.17) is 0 Å². The highest BCUT2D eigenvalue weighted by atomic mass is 16.4. The Morgan fingerprint density at radius 1 is 0.923 bits per heavy atom. The highest BCUT2D eigenvalue weighted by molar-refractivity contribution is 5.88. The lowest BCUT2D eigenvalue weighted by molar-refractivity contribution is -0.211. The summed E-state index contributed by atoms with van der Waals surface area (Å²) in [7, 11) is 0. The van der Waals surface area contributed by atoms with Gasteiger partial charge in [0.15, 0.2) is 0 Å². The average molecular weight is 532 g/mol. The first-order valence-corrected chi connectivity index (χ1v) is 16.2. The van der Waals surface area contributed by atoms with Gasteiger partial charge in [0.25, 0.3) is 0 Å². The van der Waals surface area contributed by atoms with Gasteiger partial charge in [-0.3, -0.25) is 0 Å².